The van der Waals surface area contributed by atoms with Crippen molar-refractivity contribution in [2.75, 3.05) is 26.4 Å². The number of likely N-dealkylation sites (N-methyl/N-ethyl adjacent to an activating group) is 1. The van der Waals surface area contributed by atoms with E-state index in [9.17, 15) is 9.90 Å². The lowest BCUT2D eigenvalue weighted by Crippen LogP contribution is -2.48. The standard InChI is InChI=1S/C14H17Cl2NO4/c1-2-17(11-6-20-7-12(11)18)14(19)8-21-13-4-3-9(15)5-10(13)16/h3-5,11-12,18H,2,6-8H2,1H3/t11-,12-/m1/s1. The molecular weight excluding hydrogens is 317 g/mol. The maximum atomic E-state index is 12.2. The van der Waals surface area contributed by atoms with E-state index in [0.29, 0.717) is 28.9 Å². The molecule has 1 aromatic rings. The monoisotopic (exact) mass is 333 g/mol. The Morgan fingerprint density at radius 2 is 2.24 bits per heavy atom. The first-order valence-corrected chi connectivity index (χ1v) is 7.41. The molecule has 21 heavy (non-hydrogen) atoms. The zero-order valence-electron chi connectivity index (χ0n) is 11.6. The molecule has 0 spiro atoms. The van der Waals surface area contributed by atoms with E-state index in [1.807, 2.05) is 6.92 Å². The van der Waals surface area contributed by atoms with E-state index in [4.69, 9.17) is 32.7 Å². The number of halogens is 2. The molecule has 1 fully saturated rings. The van der Waals surface area contributed by atoms with Crippen LogP contribution in [0.1, 0.15) is 6.92 Å². The Balaban J connectivity index is 1.96. The topological polar surface area (TPSA) is 59.0 Å². The highest BCUT2D eigenvalue weighted by molar-refractivity contribution is 6.35. The minimum Gasteiger partial charge on any atom is -0.482 e. The Morgan fingerprint density at radius 1 is 1.48 bits per heavy atom. The summed E-state index contributed by atoms with van der Waals surface area (Å²) in [4.78, 5) is 13.8. The maximum absolute atomic E-state index is 12.2. The second kappa shape index (κ2) is 7.31. The third-order valence-electron chi connectivity index (χ3n) is 3.33. The van der Waals surface area contributed by atoms with Crippen LogP contribution in [0.15, 0.2) is 18.2 Å². The lowest BCUT2D eigenvalue weighted by molar-refractivity contribution is -0.137. The number of carbonyl (C=O) groups excluding carboxylic acids is 1. The van der Waals surface area contributed by atoms with Crippen molar-refractivity contribution in [2.24, 2.45) is 0 Å². The zero-order chi connectivity index (χ0) is 15.4. The molecule has 0 aromatic heterocycles. The Hall–Kier alpha value is -1.01. The van der Waals surface area contributed by atoms with Crippen molar-refractivity contribution in [3.05, 3.63) is 28.2 Å². The van der Waals surface area contributed by atoms with Crippen LogP contribution in [0.3, 0.4) is 0 Å². The molecule has 5 nitrogen and oxygen atoms in total. The molecule has 0 aliphatic carbocycles. The van der Waals surface area contributed by atoms with Crippen LogP contribution < -0.4 is 4.74 Å². The molecule has 1 amide bonds. The minimum absolute atomic E-state index is 0.154. The summed E-state index contributed by atoms with van der Waals surface area (Å²) in [6.07, 6.45) is -0.659. The van der Waals surface area contributed by atoms with Crippen molar-refractivity contribution >= 4 is 29.1 Å². The Labute approximate surface area is 133 Å². The third kappa shape index (κ3) is 4.01. The molecular formula is C14H17Cl2NO4. The SMILES string of the molecule is CCN(C(=O)COc1ccc(Cl)cc1Cl)[C@@H]1COC[C@H]1O. The van der Waals surface area contributed by atoms with Gasteiger partial charge in [0.1, 0.15) is 5.75 Å². The van der Waals surface area contributed by atoms with Gasteiger partial charge in [-0.2, -0.15) is 0 Å². The van der Waals surface area contributed by atoms with Gasteiger partial charge in [0.15, 0.2) is 6.61 Å². The van der Waals surface area contributed by atoms with Crippen LogP contribution in [0.5, 0.6) is 5.75 Å². The zero-order valence-corrected chi connectivity index (χ0v) is 13.1. The first-order chi connectivity index (χ1) is 10.0. The second-order valence-electron chi connectivity index (χ2n) is 4.72. The summed E-state index contributed by atoms with van der Waals surface area (Å²) in [7, 11) is 0. The van der Waals surface area contributed by atoms with Gasteiger partial charge in [-0.15, -0.1) is 0 Å². The van der Waals surface area contributed by atoms with Crippen LogP contribution in [0.25, 0.3) is 0 Å². The van der Waals surface area contributed by atoms with Crippen LogP contribution in [-0.2, 0) is 9.53 Å². The molecule has 0 bridgehead atoms. The van der Waals surface area contributed by atoms with Gasteiger partial charge in [-0.25, -0.2) is 0 Å². The van der Waals surface area contributed by atoms with Crippen LogP contribution in [0, 0.1) is 0 Å². The van der Waals surface area contributed by atoms with Crippen molar-refractivity contribution < 1.29 is 19.4 Å². The number of aliphatic hydroxyl groups excluding tert-OH is 1. The summed E-state index contributed by atoms with van der Waals surface area (Å²) >= 11 is 11.8. The second-order valence-corrected chi connectivity index (χ2v) is 5.56. The molecule has 0 saturated carbocycles. The molecule has 1 N–H and O–H groups in total. The Morgan fingerprint density at radius 3 is 2.81 bits per heavy atom. The van der Waals surface area contributed by atoms with E-state index in [1.54, 1.807) is 23.1 Å². The fourth-order valence-electron chi connectivity index (χ4n) is 2.24. The van der Waals surface area contributed by atoms with Crippen LogP contribution >= 0.6 is 23.2 Å². The average Bonchev–Trinajstić information content (AvgIpc) is 2.85. The van der Waals surface area contributed by atoms with Crippen molar-refractivity contribution in [3.8, 4) is 5.75 Å². The molecule has 2 atom stereocenters. The molecule has 116 valence electrons. The van der Waals surface area contributed by atoms with E-state index in [1.165, 1.54) is 0 Å². The lowest BCUT2D eigenvalue weighted by Gasteiger charge is -2.28. The Kier molecular flexibility index (Phi) is 5.70. The molecule has 2 rings (SSSR count). The van der Waals surface area contributed by atoms with Gasteiger partial charge in [0.2, 0.25) is 0 Å². The third-order valence-corrected chi connectivity index (χ3v) is 3.86. The summed E-state index contributed by atoms with van der Waals surface area (Å²) in [5.74, 6) is 0.173. The number of benzene rings is 1. The van der Waals surface area contributed by atoms with Crippen molar-refractivity contribution in [1.82, 2.24) is 4.90 Å². The summed E-state index contributed by atoms with van der Waals surface area (Å²) in [6.45, 7) is 2.75. The number of amides is 1. The first kappa shape index (κ1) is 16.4. The molecule has 1 aliphatic heterocycles. The van der Waals surface area contributed by atoms with Crippen molar-refractivity contribution in [2.45, 2.75) is 19.1 Å². The summed E-state index contributed by atoms with van der Waals surface area (Å²) in [6, 6.07) is 4.47. The largest absolute Gasteiger partial charge is 0.482 e. The molecule has 1 aliphatic rings. The fourth-order valence-corrected chi connectivity index (χ4v) is 2.70. The number of ether oxygens (including phenoxy) is 2. The Bertz CT molecular complexity index is 512. The number of rotatable bonds is 5. The highest BCUT2D eigenvalue weighted by atomic mass is 35.5. The van der Waals surface area contributed by atoms with Crippen LogP contribution in [0.4, 0.5) is 0 Å². The van der Waals surface area contributed by atoms with Gasteiger partial charge in [0.25, 0.3) is 5.91 Å². The highest BCUT2D eigenvalue weighted by Gasteiger charge is 2.33. The van der Waals surface area contributed by atoms with Gasteiger partial charge >= 0.3 is 0 Å². The maximum Gasteiger partial charge on any atom is 0.260 e. The van der Waals surface area contributed by atoms with Gasteiger partial charge in [-0.05, 0) is 25.1 Å². The lowest BCUT2D eigenvalue weighted by atomic mass is 10.2. The molecule has 1 saturated heterocycles. The van der Waals surface area contributed by atoms with E-state index in [2.05, 4.69) is 0 Å². The predicted molar refractivity (Wildman–Crippen MR) is 80.0 cm³/mol. The van der Waals surface area contributed by atoms with E-state index >= 15 is 0 Å². The van der Waals surface area contributed by atoms with Gasteiger partial charge in [-0.1, -0.05) is 23.2 Å². The number of carbonyl (C=O) groups is 1. The number of nitrogens with zero attached hydrogens (tertiary/aromatic N) is 1. The smallest absolute Gasteiger partial charge is 0.260 e. The molecule has 0 unspecified atom stereocenters. The molecule has 7 heteroatoms. The van der Waals surface area contributed by atoms with E-state index < -0.39 is 6.10 Å². The number of aliphatic hydroxyl groups is 1. The predicted octanol–water partition coefficient (Wildman–Crippen LogP) is 1.98. The van der Waals surface area contributed by atoms with Gasteiger partial charge < -0.3 is 19.5 Å². The quantitative estimate of drug-likeness (QED) is 0.895. The number of hydrogen-bond donors (Lipinski definition) is 1. The van der Waals surface area contributed by atoms with Gasteiger partial charge in [-0.3, -0.25) is 4.79 Å². The summed E-state index contributed by atoms with van der Waals surface area (Å²) in [5, 5.41) is 10.7. The van der Waals surface area contributed by atoms with E-state index in [-0.39, 0.29) is 25.2 Å². The minimum atomic E-state index is -0.659. The van der Waals surface area contributed by atoms with E-state index in [0.717, 1.165) is 0 Å². The highest BCUT2D eigenvalue weighted by Crippen LogP contribution is 2.27. The summed E-state index contributed by atoms with van der Waals surface area (Å²) in [5.41, 5.74) is 0. The number of hydrogen-bond acceptors (Lipinski definition) is 4. The first-order valence-electron chi connectivity index (χ1n) is 6.66. The average molecular weight is 334 g/mol. The molecule has 0 radical (unpaired) electrons. The fraction of sp³-hybridized carbons (Fsp3) is 0.500. The van der Waals surface area contributed by atoms with Gasteiger partial charge in [0.05, 0.1) is 30.4 Å². The molecule has 1 aromatic carbocycles. The van der Waals surface area contributed by atoms with Gasteiger partial charge in [0, 0.05) is 11.6 Å². The van der Waals surface area contributed by atoms with Crippen molar-refractivity contribution in [3.63, 3.8) is 0 Å². The normalized spacial score (nSPS) is 21.3. The van der Waals surface area contributed by atoms with Crippen molar-refractivity contribution in [1.29, 1.82) is 0 Å². The summed E-state index contributed by atoms with van der Waals surface area (Å²) < 4.78 is 10.6. The van der Waals surface area contributed by atoms with Crippen LogP contribution in [0.2, 0.25) is 10.0 Å². The van der Waals surface area contributed by atoms with Crippen LogP contribution in [-0.4, -0.2) is 54.4 Å². The molecule has 1 heterocycles.